The third kappa shape index (κ3) is 1.35. The van der Waals surface area contributed by atoms with Crippen molar-refractivity contribution >= 4 is 11.8 Å². The second kappa shape index (κ2) is 2.05. The van der Waals surface area contributed by atoms with Gasteiger partial charge in [-0.1, -0.05) is 6.92 Å². The van der Waals surface area contributed by atoms with E-state index in [-0.39, 0.29) is 0 Å². The summed E-state index contributed by atoms with van der Waals surface area (Å²) in [5.41, 5.74) is 5.59. The average Bonchev–Trinajstić information content (AvgIpc) is 1.87. The van der Waals surface area contributed by atoms with Crippen LogP contribution in [0.1, 0.15) is 19.8 Å². The highest BCUT2D eigenvalue weighted by Gasteiger charge is 2.16. The maximum atomic E-state index is 5.59. The minimum Gasteiger partial charge on any atom is -0.319 e. The highest BCUT2D eigenvalue weighted by atomic mass is 32.2. The van der Waals surface area contributed by atoms with Gasteiger partial charge in [-0.15, -0.1) is 11.8 Å². The van der Waals surface area contributed by atoms with Gasteiger partial charge in [-0.3, -0.25) is 0 Å². The van der Waals surface area contributed by atoms with Crippen LogP contribution in [0.15, 0.2) is 0 Å². The van der Waals surface area contributed by atoms with Crippen LogP contribution in [-0.4, -0.2) is 10.6 Å². The quantitative estimate of drug-likeness (QED) is 0.515. The average molecular weight is 117 g/mol. The first-order valence-corrected chi connectivity index (χ1v) is 3.64. The summed E-state index contributed by atoms with van der Waals surface area (Å²) >= 11 is 1.90. The number of hydrogen-bond acceptors (Lipinski definition) is 2. The first-order valence-electron chi connectivity index (χ1n) is 2.70. The fourth-order valence-corrected chi connectivity index (χ4v) is 1.97. The van der Waals surface area contributed by atoms with Gasteiger partial charge in [-0.25, -0.2) is 0 Å². The predicted molar refractivity (Wildman–Crippen MR) is 34.3 cm³/mol. The Hall–Kier alpha value is 0.310. The lowest BCUT2D eigenvalue weighted by Crippen LogP contribution is -2.09. The third-order valence-electron chi connectivity index (χ3n) is 1.26. The second-order valence-electron chi connectivity index (χ2n) is 2.06. The summed E-state index contributed by atoms with van der Waals surface area (Å²) in [6.07, 6.45) is 2.53. The molecule has 1 saturated heterocycles. The van der Waals surface area contributed by atoms with Crippen LogP contribution in [0.2, 0.25) is 0 Å². The molecule has 0 amide bonds. The smallest absolute Gasteiger partial charge is 0.0510 e. The molecule has 2 unspecified atom stereocenters. The molecule has 2 N–H and O–H groups in total. The molecule has 0 bridgehead atoms. The molecule has 1 heterocycles. The summed E-state index contributed by atoms with van der Waals surface area (Å²) in [5, 5.41) is 1.25. The zero-order valence-electron chi connectivity index (χ0n) is 4.55. The number of thioether (sulfide) groups is 1. The fourth-order valence-electron chi connectivity index (χ4n) is 0.833. The minimum absolute atomic E-state index is 0.440. The van der Waals surface area contributed by atoms with E-state index in [1.54, 1.807) is 0 Å². The Labute approximate surface area is 48.7 Å². The van der Waals surface area contributed by atoms with E-state index in [9.17, 15) is 0 Å². The summed E-state index contributed by atoms with van der Waals surface area (Å²) in [6, 6.07) is 0. The monoisotopic (exact) mass is 117 g/mol. The number of rotatable bonds is 0. The van der Waals surface area contributed by atoms with Gasteiger partial charge in [0.2, 0.25) is 0 Å². The Morgan fingerprint density at radius 3 is 2.43 bits per heavy atom. The van der Waals surface area contributed by atoms with Gasteiger partial charge in [0.25, 0.3) is 0 Å². The summed E-state index contributed by atoms with van der Waals surface area (Å²) in [4.78, 5) is 0. The molecule has 7 heavy (non-hydrogen) atoms. The Kier molecular flexibility index (Phi) is 1.60. The summed E-state index contributed by atoms with van der Waals surface area (Å²) in [7, 11) is 0. The molecule has 1 aliphatic rings. The molecule has 0 radical (unpaired) electrons. The van der Waals surface area contributed by atoms with E-state index in [1.807, 2.05) is 11.8 Å². The Morgan fingerprint density at radius 1 is 1.57 bits per heavy atom. The third-order valence-corrected chi connectivity index (χ3v) is 2.55. The molecule has 42 valence electrons. The highest BCUT2D eigenvalue weighted by molar-refractivity contribution is 8.00. The molecule has 1 rings (SSSR count). The summed E-state index contributed by atoms with van der Waals surface area (Å²) in [5.74, 6) is 0. The predicted octanol–water partition coefficient (Wildman–Crippen LogP) is 1.19. The van der Waals surface area contributed by atoms with Gasteiger partial charge in [0.15, 0.2) is 0 Å². The topological polar surface area (TPSA) is 26.0 Å². The molecule has 0 spiro atoms. The van der Waals surface area contributed by atoms with Gasteiger partial charge >= 0.3 is 0 Å². The van der Waals surface area contributed by atoms with E-state index in [1.165, 1.54) is 12.8 Å². The first kappa shape index (κ1) is 5.45. The van der Waals surface area contributed by atoms with Crippen molar-refractivity contribution < 1.29 is 0 Å². The van der Waals surface area contributed by atoms with Gasteiger partial charge < -0.3 is 5.73 Å². The van der Waals surface area contributed by atoms with Gasteiger partial charge in [0, 0.05) is 5.25 Å². The zero-order valence-corrected chi connectivity index (χ0v) is 5.37. The van der Waals surface area contributed by atoms with Crippen LogP contribution in [0.4, 0.5) is 0 Å². The molecule has 1 nitrogen and oxygen atoms in total. The van der Waals surface area contributed by atoms with Gasteiger partial charge in [-0.2, -0.15) is 0 Å². The highest BCUT2D eigenvalue weighted by Crippen LogP contribution is 2.29. The molecule has 0 saturated carbocycles. The van der Waals surface area contributed by atoms with Crippen LogP contribution in [0, 0.1) is 0 Å². The van der Waals surface area contributed by atoms with Crippen molar-refractivity contribution in [3.63, 3.8) is 0 Å². The SMILES string of the molecule is CC1CCC(N)S1. The molecule has 0 aromatic carbocycles. The molecule has 2 heteroatoms. The van der Waals surface area contributed by atoms with Crippen molar-refractivity contribution in [1.29, 1.82) is 0 Å². The lowest BCUT2D eigenvalue weighted by molar-refractivity contribution is 0.762. The van der Waals surface area contributed by atoms with Crippen molar-refractivity contribution in [1.82, 2.24) is 0 Å². The minimum atomic E-state index is 0.440. The lowest BCUT2D eigenvalue weighted by atomic mass is 10.3. The molecule has 2 atom stereocenters. The van der Waals surface area contributed by atoms with E-state index >= 15 is 0 Å². The van der Waals surface area contributed by atoms with E-state index in [4.69, 9.17) is 5.73 Å². The van der Waals surface area contributed by atoms with Gasteiger partial charge in [0.05, 0.1) is 5.37 Å². The maximum Gasteiger partial charge on any atom is 0.0510 e. The van der Waals surface area contributed by atoms with Crippen LogP contribution < -0.4 is 5.73 Å². The fraction of sp³-hybridized carbons (Fsp3) is 1.00. The van der Waals surface area contributed by atoms with Crippen LogP contribution in [0.5, 0.6) is 0 Å². The van der Waals surface area contributed by atoms with Crippen LogP contribution in [0.25, 0.3) is 0 Å². The Balaban J connectivity index is 2.26. The van der Waals surface area contributed by atoms with E-state index in [0.717, 1.165) is 5.25 Å². The van der Waals surface area contributed by atoms with E-state index in [2.05, 4.69) is 6.92 Å². The molecule has 0 aromatic heterocycles. The second-order valence-corrected chi connectivity index (χ2v) is 3.74. The maximum absolute atomic E-state index is 5.59. The normalized spacial score (nSPS) is 42.0. The summed E-state index contributed by atoms with van der Waals surface area (Å²) in [6.45, 7) is 2.23. The van der Waals surface area contributed by atoms with Crippen molar-refractivity contribution in [2.45, 2.75) is 30.4 Å². The molecular weight excluding hydrogens is 106 g/mol. The van der Waals surface area contributed by atoms with E-state index in [0.29, 0.717) is 5.37 Å². The van der Waals surface area contributed by atoms with Crippen molar-refractivity contribution in [2.75, 3.05) is 0 Å². The van der Waals surface area contributed by atoms with Gasteiger partial charge in [0.1, 0.15) is 0 Å². The van der Waals surface area contributed by atoms with Crippen LogP contribution in [-0.2, 0) is 0 Å². The zero-order chi connectivity index (χ0) is 5.28. The van der Waals surface area contributed by atoms with Crippen molar-refractivity contribution in [3.8, 4) is 0 Å². The van der Waals surface area contributed by atoms with Crippen molar-refractivity contribution in [2.24, 2.45) is 5.73 Å². The number of nitrogens with two attached hydrogens (primary N) is 1. The molecule has 0 aromatic rings. The molecule has 1 fully saturated rings. The molecule has 1 aliphatic heterocycles. The van der Waals surface area contributed by atoms with Crippen LogP contribution >= 0.6 is 11.8 Å². The molecular formula is C5H11NS. The largest absolute Gasteiger partial charge is 0.319 e. The van der Waals surface area contributed by atoms with Crippen LogP contribution in [0.3, 0.4) is 0 Å². The standard InChI is InChI=1S/C5H11NS/c1-4-2-3-5(6)7-4/h4-5H,2-3,6H2,1H3. The van der Waals surface area contributed by atoms with Gasteiger partial charge in [-0.05, 0) is 12.8 Å². The first-order chi connectivity index (χ1) is 3.29. The Bertz CT molecular complexity index is 57.1. The number of hydrogen-bond donors (Lipinski definition) is 1. The lowest BCUT2D eigenvalue weighted by Gasteiger charge is -1.97. The van der Waals surface area contributed by atoms with Crippen molar-refractivity contribution in [3.05, 3.63) is 0 Å². The molecule has 0 aliphatic carbocycles. The van der Waals surface area contributed by atoms with E-state index < -0.39 is 0 Å². The Morgan fingerprint density at radius 2 is 2.29 bits per heavy atom. The summed E-state index contributed by atoms with van der Waals surface area (Å²) < 4.78 is 0.